The van der Waals surface area contributed by atoms with Gasteiger partial charge < -0.3 is 9.88 Å². The van der Waals surface area contributed by atoms with Crippen molar-refractivity contribution < 1.29 is 4.79 Å². The van der Waals surface area contributed by atoms with Gasteiger partial charge in [-0.3, -0.25) is 4.79 Å². The Bertz CT molecular complexity index is 843. The first kappa shape index (κ1) is 18.3. The summed E-state index contributed by atoms with van der Waals surface area (Å²) >= 11 is 1.49. The average Bonchev–Trinajstić information content (AvgIpc) is 3.09. The van der Waals surface area contributed by atoms with Crippen LogP contribution in [-0.4, -0.2) is 15.5 Å². The third kappa shape index (κ3) is 4.55. The Morgan fingerprint density at radius 2 is 1.88 bits per heavy atom. The van der Waals surface area contributed by atoms with E-state index < -0.39 is 0 Å². The van der Waals surface area contributed by atoms with E-state index in [1.54, 1.807) is 6.20 Å². The van der Waals surface area contributed by atoms with Gasteiger partial charge in [0, 0.05) is 24.6 Å². The van der Waals surface area contributed by atoms with Gasteiger partial charge in [-0.2, -0.15) is 0 Å². The zero-order valence-corrected chi connectivity index (χ0v) is 15.9. The van der Waals surface area contributed by atoms with Gasteiger partial charge in [-0.1, -0.05) is 66.7 Å². The predicted octanol–water partition coefficient (Wildman–Crippen LogP) is 5.07. The quantitative estimate of drug-likeness (QED) is 0.594. The van der Waals surface area contributed by atoms with Crippen LogP contribution >= 0.6 is 11.8 Å². The molecule has 0 aliphatic heterocycles. The zero-order chi connectivity index (χ0) is 18.4. The van der Waals surface area contributed by atoms with E-state index in [9.17, 15) is 4.79 Å². The van der Waals surface area contributed by atoms with Gasteiger partial charge in [-0.15, -0.1) is 0 Å². The minimum absolute atomic E-state index is 0.0453. The van der Waals surface area contributed by atoms with Crippen molar-refractivity contribution in [2.45, 2.75) is 37.2 Å². The third-order valence-corrected chi connectivity index (χ3v) is 5.30. The Hall–Kier alpha value is -2.53. The predicted molar refractivity (Wildman–Crippen MR) is 107 cm³/mol. The molecule has 1 unspecified atom stereocenters. The van der Waals surface area contributed by atoms with Crippen LogP contribution in [0.5, 0.6) is 0 Å². The van der Waals surface area contributed by atoms with E-state index in [4.69, 9.17) is 0 Å². The largest absolute Gasteiger partial charge is 0.326 e. The molecule has 3 rings (SSSR count). The highest BCUT2D eigenvalue weighted by Gasteiger charge is 2.24. The Kier molecular flexibility index (Phi) is 6.12. The highest BCUT2D eigenvalue weighted by molar-refractivity contribution is 8.00. The molecule has 0 saturated carbocycles. The van der Waals surface area contributed by atoms with Crippen LogP contribution < -0.4 is 5.32 Å². The number of carbonyl (C=O) groups excluding carboxylic acids is 1. The van der Waals surface area contributed by atoms with Gasteiger partial charge in [0.25, 0.3) is 0 Å². The van der Waals surface area contributed by atoms with Crippen molar-refractivity contribution in [1.29, 1.82) is 0 Å². The van der Waals surface area contributed by atoms with E-state index in [2.05, 4.69) is 21.8 Å². The summed E-state index contributed by atoms with van der Waals surface area (Å²) in [6, 6.07) is 17.7. The van der Waals surface area contributed by atoms with Crippen LogP contribution in [0.25, 0.3) is 0 Å². The van der Waals surface area contributed by atoms with Crippen LogP contribution in [0.3, 0.4) is 0 Å². The van der Waals surface area contributed by atoms with Crippen molar-refractivity contribution in [3.05, 3.63) is 78.1 Å². The van der Waals surface area contributed by atoms with E-state index in [1.807, 2.05) is 67.7 Å². The van der Waals surface area contributed by atoms with Gasteiger partial charge >= 0.3 is 0 Å². The van der Waals surface area contributed by atoms with Gasteiger partial charge in [0.15, 0.2) is 5.16 Å². The maximum atomic E-state index is 13.0. The van der Waals surface area contributed by atoms with Crippen LogP contribution in [0.4, 0.5) is 5.69 Å². The lowest BCUT2D eigenvalue weighted by Gasteiger charge is -2.17. The summed E-state index contributed by atoms with van der Waals surface area (Å²) in [5.74, 6) is -0.0453. The van der Waals surface area contributed by atoms with Crippen molar-refractivity contribution in [2.24, 2.45) is 0 Å². The van der Waals surface area contributed by atoms with E-state index in [1.165, 1.54) is 17.3 Å². The molecule has 0 bridgehead atoms. The average molecular weight is 366 g/mol. The number of aryl methyl sites for hydroxylation is 2. The normalized spacial score (nSPS) is 11.9. The van der Waals surface area contributed by atoms with Crippen LogP contribution in [-0.2, 0) is 11.3 Å². The van der Waals surface area contributed by atoms with E-state index in [0.717, 1.165) is 29.4 Å². The molecule has 2 aromatic carbocycles. The fraction of sp³-hybridized carbons (Fsp3) is 0.238. The molecule has 0 spiro atoms. The number of hydrogen-bond acceptors (Lipinski definition) is 3. The summed E-state index contributed by atoms with van der Waals surface area (Å²) in [4.78, 5) is 17.5. The smallest absolute Gasteiger partial charge is 0.242 e. The van der Waals surface area contributed by atoms with Crippen LogP contribution in [0.1, 0.15) is 29.7 Å². The Balaban J connectivity index is 1.84. The number of anilines is 1. The number of nitrogens with zero attached hydrogens (tertiary/aromatic N) is 2. The molecule has 4 nitrogen and oxygen atoms in total. The Morgan fingerprint density at radius 3 is 2.58 bits per heavy atom. The van der Waals surface area contributed by atoms with Crippen molar-refractivity contribution in [3.8, 4) is 0 Å². The summed E-state index contributed by atoms with van der Waals surface area (Å²) in [6.45, 7) is 5.05. The first-order valence-electron chi connectivity index (χ1n) is 8.77. The highest BCUT2D eigenvalue weighted by atomic mass is 32.2. The number of benzene rings is 2. The summed E-state index contributed by atoms with van der Waals surface area (Å²) in [5, 5.41) is 3.53. The summed E-state index contributed by atoms with van der Waals surface area (Å²) in [5.41, 5.74) is 2.94. The molecule has 1 aromatic heterocycles. The Labute approximate surface area is 158 Å². The molecule has 1 heterocycles. The lowest BCUT2D eigenvalue weighted by molar-refractivity contribution is -0.115. The molecule has 0 aliphatic carbocycles. The van der Waals surface area contributed by atoms with Gasteiger partial charge in [0.05, 0.1) is 0 Å². The van der Waals surface area contributed by atoms with Gasteiger partial charge in [-0.25, -0.2) is 4.98 Å². The van der Waals surface area contributed by atoms with Gasteiger partial charge in [0.1, 0.15) is 5.25 Å². The summed E-state index contributed by atoms with van der Waals surface area (Å²) in [7, 11) is 0. The number of nitrogens with one attached hydrogen (secondary N) is 1. The number of imidazole rings is 1. The molecule has 134 valence electrons. The minimum atomic E-state index is -0.365. The first-order valence-corrected chi connectivity index (χ1v) is 9.65. The minimum Gasteiger partial charge on any atom is -0.326 e. The topological polar surface area (TPSA) is 46.9 Å². The first-order chi connectivity index (χ1) is 12.7. The van der Waals surface area contributed by atoms with Crippen molar-refractivity contribution in [1.82, 2.24) is 9.55 Å². The van der Waals surface area contributed by atoms with E-state index in [-0.39, 0.29) is 11.2 Å². The molecule has 5 heteroatoms. The lowest BCUT2D eigenvalue weighted by Crippen LogP contribution is -2.19. The van der Waals surface area contributed by atoms with Crippen molar-refractivity contribution in [3.63, 3.8) is 0 Å². The monoisotopic (exact) mass is 365 g/mol. The van der Waals surface area contributed by atoms with Crippen molar-refractivity contribution >= 4 is 23.4 Å². The Morgan fingerprint density at radius 1 is 1.15 bits per heavy atom. The number of carbonyl (C=O) groups is 1. The molecule has 3 aromatic rings. The van der Waals surface area contributed by atoms with Crippen LogP contribution in [0.2, 0.25) is 0 Å². The summed E-state index contributed by atoms with van der Waals surface area (Å²) < 4.78 is 2.10. The molecule has 0 saturated heterocycles. The molecular formula is C21H23N3OS. The second kappa shape index (κ2) is 8.72. The maximum Gasteiger partial charge on any atom is 0.242 e. The number of hydrogen-bond donors (Lipinski definition) is 1. The molecule has 1 atom stereocenters. The second-order valence-electron chi connectivity index (χ2n) is 6.17. The standard InChI is InChI=1S/C21H23N3OS/c1-3-14-24-15-13-22-21(24)26-19(17-7-5-4-6-8-17)20(25)23-18-11-9-16(2)10-12-18/h4-13,15,19H,3,14H2,1-2H3,(H,23,25). The number of aromatic nitrogens is 2. The SMILES string of the molecule is CCCn1ccnc1SC(C(=O)Nc1ccc(C)cc1)c1ccccc1. The third-order valence-electron chi connectivity index (χ3n) is 4.02. The van der Waals surface area contributed by atoms with Crippen LogP contribution in [0.15, 0.2) is 72.1 Å². The molecule has 0 aliphatic rings. The second-order valence-corrected chi connectivity index (χ2v) is 7.24. The fourth-order valence-electron chi connectivity index (χ4n) is 2.68. The molecular weight excluding hydrogens is 342 g/mol. The zero-order valence-electron chi connectivity index (χ0n) is 15.1. The lowest BCUT2D eigenvalue weighted by atomic mass is 10.1. The van der Waals surface area contributed by atoms with Crippen molar-refractivity contribution in [2.75, 3.05) is 5.32 Å². The molecule has 0 fully saturated rings. The molecule has 26 heavy (non-hydrogen) atoms. The van der Waals surface area contributed by atoms with E-state index in [0.29, 0.717) is 0 Å². The molecule has 1 amide bonds. The number of thioether (sulfide) groups is 1. The molecule has 1 N–H and O–H groups in total. The maximum absolute atomic E-state index is 13.0. The fourth-order valence-corrected chi connectivity index (χ4v) is 3.75. The number of amides is 1. The van der Waals surface area contributed by atoms with E-state index >= 15 is 0 Å². The highest BCUT2D eigenvalue weighted by Crippen LogP contribution is 2.35. The van der Waals surface area contributed by atoms with Crippen LogP contribution in [0, 0.1) is 6.92 Å². The molecule has 0 radical (unpaired) electrons. The van der Waals surface area contributed by atoms with Gasteiger partial charge in [-0.05, 0) is 31.0 Å². The van der Waals surface area contributed by atoms with Gasteiger partial charge in [0.2, 0.25) is 5.91 Å². The summed E-state index contributed by atoms with van der Waals surface area (Å²) in [6.07, 6.45) is 4.78. The number of rotatable bonds is 7.